The van der Waals surface area contributed by atoms with Crippen LogP contribution in [0.3, 0.4) is 0 Å². The van der Waals surface area contributed by atoms with Crippen LogP contribution < -0.4 is 0 Å². The predicted molar refractivity (Wildman–Crippen MR) is 121 cm³/mol. The molecule has 9 heteroatoms. The number of alkyl halides is 3. The number of ether oxygens (including phenoxy) is 1. The van der Waals surface area contributed by atoms with E-state index in [1.165, 1.54) is 12.1 Å². The second-order valence-electron chi connectivity index (χ2n) is 9.75. The molecule has 3 heterocycles. The SMILES string of the molecule is Cn1c(SCCCN2CC[C@@]3(C[C@H]3c3ccc(C(F)(F)F)cc3)C2)nnc1C1CCOCC1. The van der Waals surface area contributed by atoms with Crippen molar-refractivity contribution in [2.24, 2.45) is 12.5 Å². The van der Waals surface area contributed by atoms with Gasteiger partial charge >= 0.3 is 6.18 Å². The first-order chi connectivity index (χ1) is 15.9. The molecule has 5 nitrogen and oxygen atoms in total. The van der Waals surface area contributed by atoms with Gasteiger partial charge in [0.1, 0.15) is 5.82 Å². The number of hydrogen-bond acceptors (Lipinski definition) is 5. The second kappa shape index (κ2) is 9.23. The number of hydrogen-bond donors (Lipinski definition) is 0. The van der Waals surface area contributed by atoms with Gasteiger partial charge in [-0.15, -0.1) is 10.2 Å². The number of nitrogens with zero attached hydrogens (tertiary/aromatic N) is 4. The molecule has 1 aromatic carbocycles. The summed E-state index contributed by atoms with van der Waals surface area (Å²) >= 11 is 1.77. The van der Waals surface area contributed by atoms with Crippen LogP contribution in [0.5, 0.6) is 0 Å². The Kier molecular flexibility index (Phi) is 6.48. The fraction of sp³-hybridized carbons (Fsp3) is 0.667. The molecule has 0 bridgehead atoms. The molecule has 180 valence electrons. The number of rotatable bonds is 7. The van der Waals surface area contributed by atoms with Crippen molar-refractivity contribution in [2.75, 3.05) is 38.6 Å². The molecule has 0 unspecified atom stereocenters. The highest BCUT2D eigenvalue weighted by molar-refractivity contribution is 7.99. The molecule has 1 saturated carbocycles. The van der Waals surface area contributed by atoms with Crippen LogP contribution in [0.15, 0.2) is 29.4 Å². The third-order valence-electron chi connectivity index (χ3n) is 7.60. The first-order valence-electron chi connectivity index (χ1n) is 11.9. The third kappa shape index (κ3) is 4.95. The average molecular weight is 481 g/mol. The molecule has 33 heavy (non-hydrogen) atoms. The fourth-order valence-corrected chi connectivity index (χ4v) is 6.41. The van der Waals surface area contributed by atoms with E-state index in [-0.39, 0.29) is 5.41 Å². The van der Waals surface area contributed by atoms with Gasteiger partial charge in [0.05, 0.1) is 5.56 Å². The van der Waals surface area contributed by atoms with Crippen LogP contribution in [0.25, 0.3) is 0 Å². The van der Waals surface area contributed by atoms with Gasteiger partial charge in [0.15, 0.2) is 5.16 Å². The summed E-state index contributed by atoms with van der Waals surface area (Å²) in [5.74, 6) is 2.93. The molecule has 3 aliphatic rings. The van der Waals surface area contributed by atoms with Gasteiger partial charge < -0.3 is 14.2 Å². The number of aromatic nitrogens is 3. The first kappa shape index (κ1) is 23.2. The maximum Gasteiger partial charge on any atom is 0.416 e. The highest BCUT2D eigenvalue weighted by Crippen LogP contribution is 2.64. The molecule has 5 rings (SSSR count). The zero-order valence-corrected chi connectivity index (χ0v) is 19.8. The molecular formula is C24H31F3N4OS. The highest BCUT2D eigenvalue weighted by atomic mass is 32.2. The lowest BCUT2D eigenvalue weighted by atomic mass is 9.97. The maximum absolute atomic E-state index is 12.8. The van der Waals surface area contributed by atoms with E-state index in [2.05, 4.69) is 26.7 Å². The fourth-order valence-electron chi connectivity index (χ4n) is 5.56. The van der Waals surface area contributed by atoms with E-state index < -0.39 is 11.7 Å². The molecule has 1 aromatic heterocycles. The van der Waals surface area contributed by atoms with Gasteiger partial charge in [-0.25, -0.2) is 0 Å². The Labute approximate surface area is 197 Å². The predicted octanol–water partition coefficient (Wildman–Crippen LogP) is 5.09. The average Bonchev–Trinajstić information content (AvgIpc) is 3.15. The molecule has 3 fully saturated rings. The van der Waals surface area contributed by atoms with Crippen molar-refractivity contribution in [3.63, 3.8) is 0 Å². The second-order valence-corrected chi connectivity index (χ2v) is 10.8. The lowest BCUT2D eigenvalue weighted by Gasteiger charge is -2.21. The zero-order valence-electron chi connectivity index (χ0n) is 19.0. The van der Waals surface area contributed by atoms with E-state index in [4.69, 9.17) is 4.74 Å². The van der Waals surface area contributed by atoms with E-state index in [1.54, 1.807) is 23.9 Å². The minimum atomic E-state index is -4.26. The first-order valence-corrected chi connectivity index (χ1v) is 12.8. The summed E-state index contributed by atoms with van der Waals surface area (Å²) in [5.41, 5.74) is 0.770. The molecular weight excluding hydrogens is 449 g/mol. The summed E-state index contributed by atoms with van der Waals surface area (Å²) < 4.78 is 46.1. The van der Waals surface area contributed by atoms with Crippen molar-refractivity contribution in [1.82, 2.24) is 19.7 Å². The van der Waals surface area contributed by atoms with Crippen molar-refractivity contribution in [3.05, 3.63) is 41.2 Å². The van der Waals surface area contributed by atoms with E-state index in [9.17, 15) is 13.2 Å². The van der Waals surface area contributed by atoms with E-state index in [0.29, 0.717) is 11.8 Å². The summed E-state index contributed by atoms with van der Waals surface area (Å²) in [6, 6.07) is 5.81. The normalized spacial score (nSPS) is 26.4. The Hall–Kier alpha value is -1.58. The molecule has 2 aromatic rings. The van der Waals surface area contributed by atoms with Gasteiger partial charge in [-0.2, -0.15) is 13.2 Å². The number of halogens is 3. The standard InChI is InChI=1S/C24H31F3N4OS/c1-30-21(18-7-12-32-13-8-18)28-29-22(30)33-14-2-10-31-11-9-23(16-31)15-20(23)17-3-5-19(6-4-17)24(25,26)27/h3-6,18,20H,2,7-16H2,1H3/t20-,23+/m0/s1. The van der Waals surface area contributed by atoms with Gasteiger partial charge in [-0.1, -0.05) is 23.9 Å². The number of benzene rings is 1. The third-order valence-corrected chi connectivity index (χ3v) is 8.71. The zero-order chi connectivity index (χ0) is 23.1. The summed E-state index contributed by atoms with van der Waals surface area (Å²) in [7, 11) is 2.06. The van der Waals surface area contributed by atoms with E-state index >= 15 is 0 Å². The smallest absolute Gasteiger partial charge is 0.381 e. The van der Waals surface area contributed by atoms with Crippen molar-refractivity contribution in [3.8, 4) is 0 Å². The van der Waals surface area contributed by atoms with Crippen molar-refractivity contribution >= 4 is 11.8 Å². The topological polar surface area (TPSA) is 43.2 Å². The van der Waals surface area contributed by atoms with Crippen LogP contribution in [-0.4, -0.2) is 58.3 Å². The van der Waals surface area contributed by atoms with Crippen molar-refractivity contribution in [1.29, 1.82) is 0 Å². The molecule has 1 spiro atoms. The molecule has 0 radical (unpaired) electrons. The Balaban J connectivity index is 1.06. The van der Waals surface area contributed by atoms with Gasteiger partial charge in [0, 0.05) is 38.5 Å². The molecule has 2 aliphatic heterocycles. The molecule has 2 atom stereocenters. The molecule has 0 N–H and O–H groups in total. The van der Waals surface area contributed by atoms with Crippen LogP contribution in [0, 0.1) is 5.41 Å². The Morgan fingerprint density at radius 3 is 2.64 bits per heavy atom. The van der Waals surface area contributed by atoms with Gasteiger partial charge in [-0.3, -0.25) is 0 Å². The number of likely N-dealkylation sites (tertiary alicyclic amines) is 1. The molecule has 2 saturated heterocycles. The summed E-state index contributed by atoms with van der Waals surface area (Å²) in [5, 5.41) is 9.84. The van der Waals surface area contributed by atoms with Crippen LogP contribution in [0.1, 0.15) is 60.9 Å². The Morgan fingerprint density at radius 2 is 1.91 bits per heavy atom. The lowest BCUT2D eigenvalue weighted by Crippen LogP contribution is -2.23. The van der Waals surface area contributed by atoms with Crippen LogP contribution in [-0.2, 0) is 18.0 Å². The van der Waals surface area contributed by atoms with Crippen LogP contribution >= 0.6 is 11.8 Å². The van der Waals surface area contributed by atoms with Gasteiger partial charge in [-0.05, 0) is 74.2 Å². The Bertz CT molecular complexity index is 958. The van der Waals surface area contributed by atoms with E-state index in [0.717, 1.165) is 87.2 Å². The Morgan fingerprint density at radius 1 is 1.15 bits per heavy atom. The lowest BCUT2D eigenvalue weighted by molar-refractivity contribution is -0.137. The van der Waals surface area contributed by atoms with E-state index in [1.807, 2.05) is 0 Å². The van der Waals surface area contributed by atoms with Crippen LogP contribution in [0.2, 0.25) is 0 Å². The monoisotopic (exact) mass is 480 g/mol. The maximum atomic E-state index is 12.8. The highest BCUT2D eigenvalue weighted by Gasteiger charge is 2.57. The minimum Gasteiger partial charge on any atom is -0.381 e. The van der Waals surface area contributed by atoms with Crippen molar-refractivity contribution in [2.45, 2.75) is 55.3 Å². The summed E-state index contributed by atoms with van der Waals surface area (Å²) in [6.07, 6.45) is 1.09. The quantitative estimate of drug-likeness (QED) is 0.408. The minimum absolute atomic E-state index is 0.273. The molecule has 1 aliphatic carbocycles. The summed E-state index contributed by atoms with van der Waals surface area (Å²) in [4.78, 5) is 2.52. The van der Waals surface area contributed by atoms with Crippen molar-refractivity contribution < 1.29 is 17.9 Å². The number of thioether (sulfide) groups is 1. The van der Waals surface area contributed by atoms with Gasteiger partial charge in [0.2, 0.25) is 0 Å². The molecule has 0 amide bonds. The van der Waals surface area contributed by atoms with Crippen LogP contribution in [0.4, 0.5) is 13.2 Å². The largest absolute Gasteiger partial charge is 0.416 e. The van der Waals surface area contributed by atoms with Gasteiger partial charge in [0.25, 0.3) is 0 Å². The summed E-state index contributed by atoms with van der Waals surface area (Å²) in [6.45, 7) is 4.80.